The maximum Gasteiger partial charge on any atom is 0.217 e. The van der Waals surface area contributed by atoms with E-state index in [1.54, 1.807) is 30.3 Å². The minimum atomic E-state index is -0.297. The standard InChI is InChI=1S/C14H14N2O3/c1-18-9-5-6-11(15)10(8-9)14(17)13-12(19-2)4-3-7-16-13/h3-8H,15H2,1-2H3. The summed E-state index contributed by atoms with van der Waals surface area (Å²) >= 11 is 0. The highest BCUT2D eigenvalue weighted by atomic mass is 16.5. The first-order valence-corrected chi connectivity index (χ1v) is 5.64. The second-order valence-corrected chi connectivity index (χ2v) is 3.84. The molecule has 2 N–H and O–H groups in total. The van der Waals surface area contributed by atoms with Gasteiger partial charge in [0.15, 0.2) is 5.69 Å². The summed E-state index contributed by atoms with van der Waals surface area (Å²) in [6.07, 6.45) is 1.53. The summed E-state index contributed by atoms with van der Waals surface area (Å²) in [6.45, 7) is 0. The minimum Gasteiger partial charge on any atom is -0.497 e. The van der Waals surface area contributed by atoms with E-state index in [-0.39, 0.29) is 11.5 Å². The summed E-state index contributed by atoms with van der Waals surface area (Å²) in [5.41, 5.74) is 6.77. The summed E-state index contributed by atoms with van der Waals surface area (Å²) in [6, 6.07) is 8.29. The number of nitrogen functional groups attached to an aromatic ring is 1. The number of rotatable bonds is 4. The normalized spacial score (nSPS) is 10.0. The van der Waals surface area contributed by atoms with Gasteiger partial charge in [0.2, 0.25) is 5.78 Å². The smallest absolute Gasteiger partial charge is 0.217 e. The summed E-state index contributed by atoms with van der Waals surface area (Å²) in [4.78, 5) is 16.5. The molecule has 0 aliphatic rings. The molecule has 0 bridgehead atoms. The topological polar surface area (TPSA) is 74.4 Å². The van der Waals surface area contributed by atoms with Crippen LogP contribution in [0, 0.1) is 0 Å². The van der Waals surface area contributed by atoms with Crippen molar-refractivity contribution in [3.8, 4) is 11.5 Å². The quantitative estimate of drug-likeness (QED) is 0.669. The van der Waals surface area contributed by atoms with Crippen molar-refractivity contribution < 1.29 is 14.3 Å². The Labute approximate surface area is 111 Å². The molecule has 0 radical (unpaired) electrons. The highest BCUT2D eigenvalue weighted by Crippen LogP contribution is 2.25. The molecule has 0 fully saturated rings. The van der Waals surface area contributed by atoms with Crippen LogP contribution in [-0.2, 0) is 0 Å². The lowest BCUT2D eigenvalue weighted by atomic mass is 10.0. The van der Waals surface area contributed by atoms with Crippen molar-refractivity contribution in [3.05, 3.63) is 47.8 Å². The lowest BCUT2D eigenvalue weighted by Crippen LogP contribution is -2.09. The number of aromatic nitrogens is 1. The number of hydrogen-bond acceptors (Lipinski definition) is 5. The summed E-state index contributed by atoms with van der Waals surface area (Å²) in [7, 11) is 3.02. The molecule has 2 rings (SSSR count). The predicted molar refractivity (Wildman–Crippen MR) is 71.6 cm³/mol. The van der Waals surface area contributed by atoms with E-state index >= 15 is 0 Å². The zero-order valence-electron chi connectivity index (χ0n) is 10.7. The van der Waals surface area contributed by atoms with E-state index in [1.807, 2.05) is 0 Å². The highest BCUT2D eigenvalue weighted by molar-refractivity contribution is 6.12. The maximum atomic E-state index is 12.4. The highest BCUT2D eigenvalue weighted by Gasteiger charge is 2.18. The molecule has 5 heteroatoms. The van der Waals surface area contributed by atoms with E-state index in [2.05, 4.69) is 4.98 Å². The average Bonchev–Trinajstić information content (AvgIpc) is 2.47. The number of nitrogens with two attached hydrogens (primary N) is 1. The fraction of sp³-hybridized carbons (Fsp3) is 0.143. The van der Waals surface area contributed by atoms with E-state index in [1.165, 1.54) is 20.4 Å². The first-order chi connectivity index (χ1) is 9.17. The Morgan fingerprint density at radius 2 is 2.00 bits per heavy atom. The van der Waals surface area contributed by atoms with Crippen LogP contribution in [0.15, 0.2) is 36.5 Å². The number of pyridine rings is 1. The molecule has 0 spiro atoms. The number of carbonyl (C=O) groups excluding carboxylic acids is 1. The second-order valence-electron chi connectivity index (χ2n) is 3.84. The Morgan fingerprint density at radius 1 is 1.21 bits per heavy atom. The van der Waals surface area contributed by atoms with E-state index in [0.717, 1.165) is 0 Å². The fourth-order valence-corrected chi connectivity index (χ4v) is 1.71. The largest absolute Gasteiger partial charge is 0.497 e. The molecule has 0 saturated heterocycles. The fourth-order valence-electron chi connectivity index (χ4n) is 1.71. The van der Waals surface area contributed by atoms with Crippen LogP contribution in [0.5, 0.6) is 11.5 Å². The van der Waals surface area contributed by atoms with Gasteiger partial charge in [0.05, 0.1) is 19.8 Å². The Kier molecular flexibility index (Phi) is 3.66. The van der Waals surface area contributed by atoms with E-state index < -0.39 is 0 Å². The van der Waals surface area contributed by atoms with Crippen LogP contribution in [0.2, 0.25) is 0 Å². The monoisotopic (exact) mass is 258 g/mol. The molecule has 2 aromatic rings. The van der Waals surface area contributed by atoms with Gasteiger partial charge in [-0.2, -0.15) is 0 Å². The summed E-state index contributed by atoms with van der Waals surface area (Å²) in [5, 5.41) is 0. The minimum absolute atomic E-state index is 0.227. The molecule has 0 unspecified atom stereocenters. The lowest BCUT2D eigenvalue weighted by molar-refractivity contribution is 0.103. The van der Waals surface area contributed by atoms with Gasteiger partial charge in [-0.15, -0.1) is 0 Å². The first-order valence-electron chi connectivity index (χ1n) is 5.64. The molecule has 19 heavy (non-hydrogen) atoms. The van der Waals surface area contributed by atoms with E-state index in [0.29, 0.717) is 22.7 Å². The zero-order chi connectivity index (χ0) is 13.8. The molecule has 98 valence electrons. The number of methoxy groups -OCH3 is 2. The molecule has 0 amide bonds. The summed E-state index contributed by atoms with van der Waals surface area (Å²) < 4.78 is 10.2. The molecular formula is C14H14N2O3. The zero-order valence-corrected chi connectivity index (χ0v) is 10.7. The average molecular weight is 258 g/mol. The van der Waals surface area contributed by atoms with Crippen molar-refractivity contribution in [2.45, 2.75) is 0 Å². The van der Waals surface area contributed by atoms with E-state index in [4.69, 9.17) is 15.2 Å². The third-order valence-electron chi connectivity index (χ3n) is 2.71. The van der Waals surface area contributed by atoms with E-state index in [9.17, 15) is 4.79 Å². The van der Waals surface area contributed by atoms with Crippen LogP contribution in [0.1, 0.15) is 16.1 Å². The van der Waals surface area contributed by atoms with Crippen LogP contribution < -0.4 is 15.2 Å². The van der Waals surface area contributed by atoms with Crippen molar-refractivity contribution in [3.63, 3.8) is 0 Å². The predicted octanol–water partition coefficient (Wildman–Crippen LogP) is 1.91. The number of nitrogens with zero attached hydrogens (tertiary/aromatic N) is 1. The van der Waals surface area contributed by atoms with Crippen molar-refractivity contribution in [1.82, 2.24) is 4.98 Å². The number of hydrogen-bond donors (Lipinski definition) is 1. The maximum absolute atomic E-state index is 12.4. The Bertz CT molecular complexity index is 611. The van der Waals surface area contributed by atoms with Gasteiger partial charge in [-0.25, -0.2) is 4.98 Å². The van der Waals surface area contributed by atoms with Crippen LogP contribution in [0.4, 0.5) is 5.69 Å². The molecule has 0 aliphatic carbocycles. The molecule has 0 aliphatic heterocycles. The Morgan fingerprint density at radius 3 is 2.68 bits per heavy atom. The number of anilines is 1. The third-order valence-corrected chi connectivity index (χ3v) is 2.71. The SMILES string of the molecule is COc1ccc(N)c(C(=O)c2ncccc2OC)c1. The molecule has 1 aromatic carbocycles. The number of ketones is 1. The second kappa shape index (κ2) is 5.39. The molecule has 5 nitrogen and oxygen atoms in total. The van der Waals surface area contributed by atoms with Gasteiger partial charge < -0.3 is 15.2 Å². The van der Waals surface area contributed by atoms with Crippen molar-refractivity contribution >= 4 is 11.5 Å². The number of benzene rings is 1. The molecule has 1 heterocycles. The van der Waals surface area contributed by atoms with Crippen LogP contribution in [-0.4, -0.2) is 25.0 Å². The van der Waals surface area contributed by atoms with Gasteiger partial charge >= 0.3 is 0 Å². The third kappa shape index (κ3) is 2.49. The Hall–Kier alpha value is -2.56. The van der Waals surface area contributed by atoms with Crippen molar-refractivity contribution in [1.29, 1.82) is 0 Å². The molecular weight excluding hydrogens is 244 g/mol. The van der Waals surface area contributed by atoms with Gasteiger partial charge in [-0.05, 0) is 30.3 Å². The summed E-state index contributed by atoms with van der Waals surface area (Å²) in [5.74, 6) is 0.677. The molecule has 0 atom stereocenters. The van der Waals surface area contributed by atoms with Crippen LogP contribution in [0.3, 0.4) is 0 Å². The van der Waals surface area contributed by atoms with Gasteiger partial charge in [-0.1, -0.05) is 0 Å². The van der Waals surface area contributed by atoms with Gasteiger partial charge in [0.1, 0.15) is 11.5 Å². The van der Waals surface area contributed by atoms with Gasteiger partial charge in [0, 0.05) is 11.9 Å². The van der Waals surface area contributed by atoms with Gasteiger partial charge in [0.25, 0.3) is 0 Å². The van der Waals surface area contributed by atoms with Crippen molar-refractivity contribution in [2.75, 3.05) is 20.0 Å². The van der Waals surface area contributed by atoms with Gasteiger partial charge in [-0.3, -0.25) is 4.79 Å². The Balaban J connectivity index is 2.49. The number of carbonyl (C=O) groups is 1. The van der Waals surface area contributed by atoms with Crippen LogP contribution >= 0.6 is 0 Å². The van der Waals surface area contributed by atoms with Crippen molar-refractivity contribution in [2.24, 2.45) is 0 Å². The molecule has 0 saturated carbocycles. The lowest BCUT2D eigenvalue weighted by Gasteiger charge is -2.09. The molecule has 1 aromatic heterocycles. The number of ether oxygens (including phenoxy) is 2. The first kappa shape index (κ1) is 12.9. The van der Waals surface area contributed by atoms with Crippen LogP contribution in [0.25, 0.3) is 0 Å².